The van der Waals surface area contributed by atoms with Crippen molar-refractivity contribution in [1.29, 1.82) is 0 Å². The lowest BCUT2D eigenvalue weighted by atomic mass is 9.92. The Morgan fingerprint density at radius 1 is 0.970 bits per heavy atom. The molecular weight excluding hydrogens is 414 g/mol. The molecule has 5 rings (SSSR count). The predicted octanol–water partition coefficient (Wildman–Crippen LogP) is 4.75. The second-order valence-electron chi connectivity index (χ2n) is 8.86. The molecule has 0 saturated carbocycles. The van der Waals surface area contributed by atoms with Crippen LogP contribution in [0.1, 0.15) is 41.5 Å². The molecule has 0 aliphatic carbocycles. The number of nitrogens with zero attached hydrogens (tertiary/aromatic N) is 2. The van der Waals surface area contributed by atoms with Crippen molar-refractivity contribution in [3.8, 4) is 5.75 Å². The fraction of sp³-hybridized carbons (Fsp3) is 0.370. The molecule has 3 heterocycles. The lowest BCUT2D eigenvalue weighted by Gasteiger charge is -2.42. The molecule has 2 amide bonds. The first-order chi connectivity index (χ1) is 16.2. The molecule has 6 nitrogen and oxygen atoms in total. The van der Waals surface area contributed by atoms with Gasteiger partial charge in [0.05, 0.1) is 19.1 Å². The van der Waals surface area contributed by atoms with E-state index in [2.05, 4.69) is 39.4 Å². The molecule has 1 atom stereocenters. The van der Waals surface area contributed by atoms with Gasteiger partial charge in [0.15, 0.2) is 0 Å². The van der Waals surface area contributed by atoms with Crippen LogP contribution < -0.4 is 10.1 Å². The number of nitrogens with one attached hydrogen (secondary N) is 1. The molecule has 1 saturated heterocycles. The minimum Gasteiger partial charge on any atom is -0.491 e. The van der Waals surface area contributed by atoms with Gasteiger partial charge in [0, 0.05) is 24.7 Å². The molecule has 0 bridgehead atoms. The van der Waals surface area contributed by atoms with E-state index in [-0.39, 0.29) is 18.1 Å². The third kappa shape index (κ3) is 4.76. The first-order valence-electron chi connectivity index (χ1n) is 11.8. The Morgan fingerprint density at radius 3 is 2.48 bits per heavy atom. The highest BCUT2D eigenvalue weighted by atomic mass is 16.5. The van der Waals surface area contributed by atoms with Crippen molar-refractivity contribution in [1.82, 2.24) is 15.1 Å². The number of rotatable bonds is 4. The molecule has 6 heteroatoms. The van der Waals surface area contributed by atoms with Crippen LogP contribution in [0.2, 0.25) is 0 Å². The first kappa shape index (κ1) is 21.6. The molecule has 1 N–H and O–H groups in total. The Hall–Kier alpha value is -3.25. The average molecular weight is 446 g/mol. The highest BCUT2D eigenvalue weighted by Crippen LogP contribution is 2.38. The zero-order chi connectivity index (χ0) is 22.6. The summed E-state index contributed by atoms with van der Waals surface area (Å²) in [4.78, 5) is 18.0. The number of benzene rings is 2. The molecule has 1 fully saturated rings. The average Bonchev–Trinajstić information content (AvgIpc) is 3.28. The lowest BCUT2D eigenvalue weighted by Crippen LogP contribution is -2.52. The number of carbonyl (C=O) groups excluding carboxylic acids is 1. The van der Waals surface area contributed by atoms with Crippen molar-refractivity contribution in [2.45, 2.75) is 38.4 Å². The number of carbonyl (C=O) groups is 1. The molecule has 0 spiro atoms. The van der Waals surface area contributed by atoms with Gasteiger partial charge in [-0.15, -0.1) is 0 Å². The molecule has 172 valence electrons. The van der Waals surface area contributed by atoms with E-state index in [9.17, 15) is 4.79 Å². The minimum absolute atomic E-state index is 0.0238. The Kier molecular flexibility index (Phi) is 6.35. The highest BCUT2D eigenvalue weighted by Gasteiger charge is 2.36. The van der Waals surface area contributed by atoms with Gasteiger partial charge in [0.2, 0.25) is 0 Å². The summed E-state index contributed by atoms with van der Waals surface area (Å²) in [7, 11) is 0. The number of amides is 2. The Labute approximate surface area is 195 Å². The maximum Gasteiger partial charge on any atom is 0.318 e. The van der Waals surface area contributed by atoms with E-state index in [0.29, 0.717) is 13.2 Å². The molecule has 1 aromatic heterocycles. The van der Waals surface area contributed by atoms with Crippen LogP contribution in [-0.2, 0) is 6.54 Å². The van der Waals surface area contributed by atoms with Crippen molar-refractivity contribution in [3.05, 3.63) is 89.4 Å². The van der Waals surface area contributed by atoms with E-state index >= 15 is 0 Å². The van der Waals surface area contributed by atoms with Crippen LogP contribution in [-0.4, -0.2) is 48.1 Å². The maximum absolute atomic E-state index is 13.5. The topological polar surface area (TPSA) is 58.0 Å². The number of fused-ring (bicyclic) bond motifs is 1. The number of aryl methyl sites for hydroxylation is 1. The van der Waals surface area contributed by atoms with Crippen LogP contribution in [0.15, 0.2) is 71.1 Å². The van der Waals surface area contributed by atoms with Crippen molar-refractivity contribution >= 4 is 6.03 Å². The van der Waals surface area contributed by atoms with Crippen molar-refractivity contribution in [2.24, 2.45) is 0 Å². The normalized spacial score (nSPS) is 20.2. The monoisotopic (exact) mass is 445 g/mol. The van der Waals surface area contributed by atoms with Crippen LogP contribution in [0, 0.1) is 6.92 Å². The van der Waals surface area contributed by atoms with Crippen LogP contribution in [0.3, 0.4) is 0 Å². The number of hydrogen-bond acceptors (Lipinski definition) is 4. The van der Waals surface area contributed by atoms with Gasteiger partial charge in [-0.2, -0.15) is 0 Å². The van der Waals surface area contributed by atoms with Crippen LogP contribution in [0.4, 0.5) is 4.79 Å². The summed E-state index contributed by atoms with van der Waals surface area (Å²) >= 11 is 0. The van der Waals surface area contributed by atoms with E-state index < -0.39 is 0 Å². The Bertz CT molecular complexity index is 1070. The third-order valence-corrected chi connectivity index (χ3v) is 6.60. The van der Waals surface area contributed by atoms with Gasteiger partial charge in [-0.1, -0.05) is 48.5 Å². The second kappa shape index (κ2) is 9.71. The smallest absolute Gasteiger partial charge is 0.318 e. The number of para-hydroxylation sites is 1. The number of ether oxygens (including phenoxy) is 1. The number of likely N-dealkylation sites (tertiary alicyclic amines) is 1. The molecule has 1 unspecified atom stereocenters. The SMILES string of the molecule is Cc1ccc(CN2CCC(N3C(=O)NCCOc4ccccc4C3c3ccccc3)CC2)o1. The minimum atomic E-state index is -0.204. The highest BCUT2D eigenvalue weighted by molar-refractivity contribution is 5.76. The van der Waals surface area contributed by atoms with Crippen LogP contribution >= 0.6 is 0 Å². The van der Waals surface area contributed by atoms with Crippen LogP contribution in [0.5, 0.6) is 5.75 Å². The summed E-state index contributed by atoms with van der Waals surface area (Å²) in [6, 6.07) is 22.4. The number of piperidine rings is 1. The fourth-order valence-electron chi connectivity index (χ4n) is 5.01. The fourth-order valence-corrected chi connectivity index (χ4v) is 5.01. The van der Waals surface area contributed by atoms with E-state index in [1.54, 1.807) is 0 Å². The molecule has 3 aromatic rings. The quantitative estimate of drug-likeness (QED) is 0.630. The summed E-state index contributed by atoms with van der Waals surface area (Å²) < 4.78 is 11.8. The van der Waals surface area contributed by atoms with Crippen molar-refractivity contribution < 1.29 is 13.9 Å². The van der Waals surface area contributed by atoms with E-state index in [4.69, 9.17) is 9.15 Å². The van der Waals surface area contributed by atoms with Gasteiger partial charge in [0.25, 0.3) is 0 Å². The van der Waals surface area contributed by atoms with Crippen LogP contribution in [0.25, 0.3) is 0 Å². The molecular formula is C27H31N3O3. The van der Waals surface area contributed by atoms with Gasteiger partial charge >= 0.3 is 6.03 Å². The molecule has 2 aliphatic heterocycles. The summed E-state index contributed by atoms with van der Waals surface area (Å²) in [5, 5.41) is 3.09. The number of furan rings is 1. The lowest BCUT2D eigenvalue weighted by molar-refractivity contribution is 0.0982. The van der Waals surface area contributed by atoms with Gasteiger partial charge in [-0.05, 0) is 43.5 Å². The number of urea groups is 1. The van der Waals surface area contributed by atoms with Gasteiger partial charge in [-0.25, -0.2) is 4.79 Å². The molecule has 2 aromatic carbocycles. The molecule has 33 heavy (non-hydrogen) atoms. The zero-order valence-electron chi connectivity index (χ0n) is 19.1. The Morgan fingerprint density at radius 2 is 1.73 bits per heavy atom. The summed E-state index contributed by atoms with van der Waals surface area (Å²) in [6.45, 7) is 5.58. The Balaban J connectivity index is 1.44. The third-order valence-electron chi connectivity index (χ3n) is 6.60. The second-order valence-corrected chi connectivity index (χ2v) is 8.86. The molecule has 2 aliphatic rings. The largest absolute Gasteiger partial charge is 0.491 e. The van der Waals surface area contributed by atoms with E-state index in [0.717, 1.165) is 60.9 Å². The van der Waals surface area contributed by atoms with Crippen molar-refractivity contribution in [3.63, 3.8) is 0 Å². The first-order valence-corrected chi connectivity index (χ1v) is 11.8. The zero-order valence-corrected chi connectivity index (χ0v) is 19.1. The summed E-state index contributed by atoms with van der Waals surface area (Å²) in [5.74, 6) is 2.79. The molecule has 0 radical (unpaired) electrons. The van der Waals surface area contributed by atoms with Gasteiger partial charge in [0.1, 0.15) is 23.9 Å². The van der Waals surface area contributed by atoms with E-state index in [1.165, 1.54) is 0 Å². The maximum atomic E-state index is 13.5. The number of hydrogen-bond donors (Lipinski definition) is 1. The van der Waals surface area contributed by atoms with Gasteiger partial charge < -0.3 is 19.4 Å². The standard InChI is InChI=1S/C27H31N3O3/c1-20-11-12-23(33-20)19-29-16-13-22(14-17-29)30-26(21-7-3-2-4-8-21)24-9-5-6-10-25(24)32-18-15-28-27(30)31/h2-12,22,26H,13-19H2,1H3,(H,28,31). The predicted molar refractivity (Wildman–Crippen MR) is 127 cm³/mol. The van der Waals surface area contributed by atoms with Gasteiger partial charge in [-0.3, -0.25) is 4.90 Å². The summed E-state index contributed by atoms with van der Waals surface area (Å²) in [5.41, 5.74) is 2.13. The van der Waals surface area contributed by atoms with E-state index in [1.807, 2.05) is 49.4 Å². The van der Waals surface area contributed by atoms with Crippen molar-refractivity contribution in [2.75, 3.05) is 26.2 Å². The summed E-state index contributed by atoms with van der Waals surface area (Å²) in [6.07, 6.45) is 1.83.